The third-order valence-electron chi connectivity index (χ3n) is 7.61. The lowest BCUT2D eigenvalue weighted by atomic mass is 9.92. The molecule has 2 amide bonds. The molecular weight excluding hydrogens is 490 g/mol. The van der Waals surface area contributed by atoms with E-state index in [9.17, 15) is 14.7 Å². The van der Waals surface area contributed by atoms with Crippen LogP contribution in [0.3, 0.4) is 0 Å². The first kappa shape index (κ1) is 24.6. The largest absolute Gasteiger partial charge is 0.393 e. The highest BCUT2D eigenvalue weighted by Crippen LogP contribution is 2.39. The summed E-state index contributed by atoms with van der Waals surface area (Å²) < 4.78 is 2.18. The van der Waals surface area contributed by atoms with Crippen LogP contribution in [0.25, 0.3) is 38.6 Å². The van der Waals surface area contributed by atoms with E-state index in [2.05, 4.69) is 33.1 Å². The van der Waals surface area contributed by atoms with Crippen LogP contribution < -0.4 is 16.8 Å². The first-order chi connectivity index (χ1) is 18.9. The SMILES string of the molecule is NC(=O)c1ccc(-c2cccc3c2c2ccccc2n3-c2ccc(C(N)=O)c(NC3CCC(O)CC3)c2)cn1. The lowest BCUT2D eigenvalue weighted by Crippen LogP contribution is -2.29. The van der Waals surface area contributed by atoms with Crippen LogP contribution in [0, 0.1) is 0 Å². The minimum Gasteiger partial charge on any atom is -0.393 e. The van der Waals surface area contributed by atoms with Gasteiger partial charge < -0.3 is 26.5 Å². The van der Waals surface area contributed by atoms with Crippen molar-refractivity contribution in [1.82, 2.24) is 9.55 Å². The van der Waals surface area contributed by atoms with Crippen molar-refractivity contribution in [3.8, 4) is 16.8 Å². The Bertz CT molecular complexity index is 1720. The van der Waals surface area contributed by atoms with Gasteiger partial charge in [-0.1, -0.05) is 36.4 Å². The highest BCUT2D eigenvalue weighted by atomic mass is 16.3. The number of carbonyl (C=O) groups excluding carboxylic acids is 2. The third-order valence-corrected chi connectivity index (χ3v) is 7.61. The summed E-state index contributed by atoms with van der Waals surface area (Å²) in [5.41, 5.74) is 17.2. The van der Waals surface area contributed by atoms with Crippen LogP contribution in [-0.4, -0.2) is 38.6 Å². The average Bonchev–Trinajstić information content (AvgIpc) is 3.29. The van der Waals surface area contributed by atoms with Gasteiger partial charge in [0, 0.05) is 39.9 Å². The summed E-state index contributed by atoms with van der Waals surface area (Å²) in [6.45, 7) is 0. The number of rotatable bonds is 6. The van der Waals surface area contributed by atoms with Crippen molar-refractivity contribution in [2.75, 3.05) is 5.32 Å². The smallest absolute Gasteiger partial charge is 0.267 e. The van der Waals surface area contributed by atoms with Crippen molar-refractivity contribution in [2.45, 2.75) is 37.8 Å². The maximum Gasteiger partial charge on any atom is 0.267 e. The predicted molar refractivity (Wildman–Crippen MR) is 153 cm³/mol. The molecule has 39 heavy (non-hydrogen) atoms. The van der Waals surface area contributed by atoms with E-state index in [0.717, 1.165) is 64.3 Å². The summed E-state index contributed by atoms with van der Waals surface area (Å²) in [7, 11) is 0. The minimum atomic E-state index is -0.565. The Balaban J connectivity index is 1.52. The molecule has 6 rings (SSSR count). The number of para-hydroxylation sites is 1. The number of carbonyl (C=O) groups is 2. The maximum absolute atomic E-state index is 12.3. The minimum absolute atomic E-state index is 0.155. The molecule has 0 aliphatic heterocycles. The zero-order chi connectivity index (χ0) is 27.1. The van der Waals surface area contributed by atoms with Crippen molar-refractivity contribution < 1.29 is 14.7 Å². The van der Waals surface area contributed by atoms with Crippen molar-refractivity contribution >= 4 is 39.3 Å². The highest BCUT2D eigenvalue weighted by Gasteiger charge is 2.22. The Kier molecular flexibility index (Phi) is 6.24. The Morgan fingerprint density at radius 2 is 1.64 bits per heavy atom. The van der Waals surface area contributed by atoms with Crippen LogP contribution in [-0.2, 0) is 0 Å². The molecule has 0 saturated heterocycles. The molecule has 0 atom stereocenters. The number of aliphatic hydroxyl groups is 1. The van der Waals surface area contributed by atoms with Crippen LogP contribution in [0.1, 0.15) is 46.5 Å². The zero-order valence-corrected chi connectivity index (χ0v) is 21.3. The van der Waals surface area contributed by atoms with Crippen molar-refractivity contribution in [3.05, 3.63) is 90.3 Å². The summed E-state index contributed by atoms with van der Waals surface area (Å²) in [5, 5.41) is 15.6. The number of aliphatic hydroxyl groups excluding tert-OH is 1. The zero-order valence-electron chi connectivity index (χ0n) is 21.3. The quantitative estimate of drug-likeness (QED) is 0.256. The molecule has 2 aromatic heterocycles. The Morgan fingerprint density at radius 1 is 0.872 bits per heavy atom. The number of nitrogens with two attached hydrogens (primary N) is 2. The van der Waals surface area contributed by atoms with Crippen molar-refractivity contribution in [3.63, 3.8) is 0 Å². The molecule has 1 aliphatic carbocycles. The molecule has 8 heteroatoms. The standard InChI is InChI=1S/C31H29N5O3/c32-30(38)23-14-11-20(16-26(23)35-19-9-12-21(37)13-10-19)36-27-6-2-1-4-24(27)29-22(5-3-7-28(29)36)18-8-15-25(31(33)39)34-17-18/h1-8,11,14-17,19,21,35,37H,9-10,12-13H2,(H2,32,38)(H2,33,39). The topological polar surface area (TPSA) is 136 Å². The Morgan fingerprint density at radius 3 is 2.36 bits per heavy atom. The molecule has 6 N–H and O–H groups in total. The maximum atomic E-state index is 12.3. The van der Waals surface area contributed by atoms with Crippen LogP contribution in [0.5, 0.6) is 0 Å². The number of hydrogen-bond acceptors (Lipinski definition) is 5. The van der Waals surface area contributed by atoms with Gasteiger partial charge in [-0.3, -0.25) is 14.6 Å². The molecule has 196 valence electrons. The first-order valence-electron chi connectivity index (χ1n) is 13.1. The van der Waals surface area contributed by atoms with E-state index in [0.29, 0.717) is 11.3 Å². The van der Waals surface area contributed by atoms with Crippen molar-refractivity contribution in [2.24, 2.45) is 11.5 Å². The molecule has 1 saturated carbocycles. The van der Waals surface area contributed by atoms with E-state index in [1.807, 2.05) is 42.5 Å². The fraction of sp³-hybridized carbons (Fsp3) is 0.194. The van der Waals surface area contributed by atoms with E-state index in [4.69, 9.17) is 11.5 Å². The number of nitrogens with zero attached hydrogens (tertiary/aromatic N) is 2. The van der Waals surface area contributed by atoms with Gasteiger partial charge in [-0.15, -0.1) is 0 Å². The third kappa shape index (κ3) is 4.49. The Hall–Kier alpha value is -4.69. The summed E-state index contributed by atoms with van der Waals surface area (Å²) in [5.74, 6) is -1.05. The van der Waals surface area contributed by atoms with Crippen molar-refractivity contribution in [1.29, 1.82) is 0 Å². The van der Waals surface area contributed by atoms with Gasteiger partial charge in [0.1, 0.15) is 5.69 Å². The number of primary amides is 2. The van der Waals surface area contributed by atoms with Gasteiger partial charge in [-0.25, -0.2) is 0 Å². The lowest BCUT2D eigenvalue weighted by Gasteiger charge is -2.28. The molecule has 0 radical (unpaired) electrons. The number of hydrogen-bond donors (Lipinski definition) is 4. The number of amides is 2. The highest BCUT2D eigenvalue weighted by molar-refractivity contribution is 6.15. The van der Waals surface area contributed by atoms with E-state index in [1.165, 1.54) is 0 Å². The van der Waals surface area contributed by atoms with Crippen LogP contribution in [0.15, 0.2) is 79.0 Å². The van der Waals surface area contributed by atoms with Gasteiger partial charge >= 0.3 is 0 Å². The van der Waals surface area contributed by atoms with E-state index in [-0.39, 0.29) is 17.8 Å². The summed E-state index contributed by atoms with van der Waals surface area (Å²) in [6, 6.07) is 23.6. The number of anilines is 1. The van der Waals surface area contributed by atoms with E-state index < -0.39 is 11.8 Å². The summed E-state index contributed by atoms with van der Waals surface area (Å²) >= 11 is 0. The monoisotopic (exact) mass is 519 g/mol. The normalized spacial score (nSPS) is 17.4. The Labute approximate surface area is 225 Å². The molecular formula is C31H29N5O3. The molecule has 5 aromatic rings. The number of pyridine rings is 1. The van der Waals surface area contributed by atoms with Gasteiger partial charge in [0.2, 0.25) is 0 Å². The second-order valence-corrected chi connectivity index (χ2v) is 10.1. The van der Waals surface area contributed by atoms with Crippen LogP contribution >= 0.6 is 0 Å². The first-order valence-corrected chi connectivity index (χ1v) is 13.1. The molecule has 0 bridgehead atoms. The molecule has 2 heterocycles. The molecule has 1 fully saturated rings. The average molecular weight is 520 g/mol. The molecule has 0 unspecified atom stereocenters. The molecule has 3 aromatic carbocycles. The molecule has 1 aliphatic rings. The fourth-order valence-corrected chi connectivity index (χ4v) is 5.68. The number of aromatic nitrogens is 2. The van der Waals surface area contributed by atoms with E-state index >= 15 is 0 Å². The van der Waals surface area contributed by atoms with Crippen LogP contribution in [0.2, 0.25) is 0 Å². The number of nitrogens with one attached hydrogen (secondary N) is 1. The van der Waals surface area contributed by atoms with Gasteiger partial charge in [-0.05, 0) is 67.6 Å². The number of benzene rings is 3. The molecule has 8 nitrogen and oxygen atoms in total. The molecule has 0 spiro atoms. The van der Waals surface area contributed by atoms with Gasteiger partial charge in [0.05, 0.1) is 22.7 Å². The van der Waals surface area contributed by atoms with Gasteiger partial charge in [0.15, 0.2) is 0 Å². The summed E-state index contributed by atoms with van der Waals surface area (Å²) in [6.07, 6.45) is 4.52. The van der Waals surface area contributed by atoms with Gasteiger partial charge in [-0.2, -0.15) is 0 Å². The predicted octanol–water partition coefficient (Wildman–Crippen LogP) is 4.76. The second kappa shape index (κ2) is 9.89. The number of fused-ring (bicyclic) bond motifs is 3. The second-order valence-electron chi connectivity index (χ2n) is 10.1. The van der Waals surface area contributed by atoms with Crippen LogP contribution in [0.4, 0.5) is 5.69 Å². The summed E-state index contributed by atoms with van der Waals surface area (Å²) in [4.78, 5) is 28.1. The lowest BCUT2D eigenvalue weighted by molar-refractivity contribution is 0.0989. The van der Waals surface area contributed by atoms with E-state index in [1.54, 1.807) is 18.3 Å². The fourth-order valence-electron chi connectivity index (χ4n) is 5.68. The van der Waals surface area contributed by atoms with Gasteiger partial charge in [0.25, 0.3) is 11.8 Å².